The van der Waals surface area contributed by atoms with Gasteiger partial charge in [0.15, 0.2) is 0 Å². The van der Waals surface area contributed by atoms with Crippen LogP contribution in [0.25, 0.3) is 0 Å². The highest BCUT2D eigenvalue weighted by atomic mass is 16.1. The van der Waals surface area contributed by atoms with Crippen LogP contribution in [0.2, 0.25) is 0 Å². The lowest BCUT2D eigenvalue weighted by Gasteiger charge is -2.41. The highest BCUT2D eigenvalue weighted by Crippen LogP contribution is 2.12. The van der Waals surface area contributed by atoms with Gasteiger partial charge in [-0.1, -0.05) is 6.92 Å². The van der Waals surface area contributed by atoms with E-state index in [1.807, 2.05) is 7.05 Å². The summed E-state index contributed by atoms with van der Waals surface area (Å²) in [6.45, 7) is 5.16. The van der Waals surface area contributed by atoms with Crippen LogP contribution in [-0.2, 0) is 4.79 Å². The normalized spacial score (nSPS) is 20.5. The number of carbonyl (C=O) groups is 1. The van der Waals surface area contributed by atoms with E-state index in [0.717, 1.165) is 37.7 Å². The molecule has 0 aromatic heterocycles. The summed E-state index contributed by atoms with van der Waals surface area (Å²) in [7, 11) is 3.71. The molecule has 2 heterocycles. The molecule has 6 nitrogen and oxygen atoms in total. The van der Waals surface area contributed by atoms with Crippen LogP contribution in [0.15, 0.2) is 16.9 Å². The van der Waals surface area contributed by atoms with E-state index in [4.69, 9.17) is 0 Å². The van der Waals surface area contributed by atoms with E-state index < -0.39 is 0 Å². The van der Waals surface area contributed by atoms with Gasteiger partial charge in [-0.3, -0.25) is 14.7 Å². The summed E-state index contributed by atoms with van der Waals surface area (Å²) in [6.07, 6.45) is 3.08. The molecule has 0 atom stereocenters. The summed E-state index contributed by atoms with van der Waals surface area (Å²) in [4.78, 5) is 19.9. The first-order valence-electron chi connectivity index (χ1n) is 6.78. The third-order valence-corrected chi connectivity index (χ3v) is 3.52. The first kappa shape index (κ1) is 13.9. The van der Waals surface area contributed by atoms with Crippen molar-refractivity contribution in [2.75, 3.05) is 40.4 Å². The van der Waals surface area contributed by atoms with Gasteiger partial charge in [0.25, 0.3) is 0 Å². The van der Waals surface area contributed by atoms with E-state index >= 15 is 0 Å². The zero-order valence-corrected chi connectivity index (χ0v) is 11.9. The Morgan fingerprint density at radius 3 is 2.89 bits per heavy atom. The minimum atomic E-state index is 0.0767. The number of hydrogen-bond donors (Lipinski definition) is 2. The zero-order chi connectivity index (χ0) is 13.8. The van der Waals surface area contributed by atoms with Gasteiger partial charge in [0, 0.05) is 32.9 Å². The second-order valence-corrected chi connectivity index (χ2v) is 5.08. The summed E-state index contributed by atoms with van der Waals surface area (Å²) >= 11 is 0. The largest absolute Gasteiger partial charge is 0.366 e. The molecule has 0 aromatic rings. The van der Waals surface area contributed by atoms with Gasteiger partial charge in [0.05, 0.1) is 12.6 Å². The van der Waals surface area contributed by atoms with Gasteiger partial charge in [0.1, 0.15) is 12.5 Å². The number of aliphatic imine (C=N–C) groups is 1. The summed E-state index contributed by atoms with van der Waals surface area (Å²) < 4.78 is 0. The first-order chi connectivity index (χ1) is 9.12. The Labute approximate surface area is 114 Å². The second kappa shape index (κ2) is 6.06. The number of nitrogens with zero attached hydrogens (tertiary/aromatic N) is 3. The van der Waals surface area contributed by atoms with E-state index in [9.17, 15) is 4.79 Å². The Kier molecular flexibility index (Phi) is 4.42. The number of carbonyl (C=O) groups excluding carboxylic acids is 1. The van der Waals surface area contributed by atoms with E-state index in [1.165, 1.54) is 0 Å². The molecule has 2 rings (SSSR count). The molecule has 106 valence electrons. The van der Waals surface area contributed by atoms with Gasteiger partial charge < -0.3 is 15.5 Å². The van der Waals surface area contributed by atoms with E-state index in [2.05, 4.69) is 38.4 Å². The number of likely N-dealkylation sites (N-methyl/N-ethyl adjacent to an activating group) is 1. The zero-order valence-electron chi connectivity index (χ0n) is 11.9. The van der Waals surface area contributed by atoms with Crippen LogP contribution in [0.3, 0.4) is 0 Å². The molecule has 0 aliphatic carbocycles. The molecule has 0 radical (unpaired) electrons. The van der Waals surface area contributed by atoms with Crippen molar-refractivity contribution in [3.63, 3.8) is 0 Å². The fourth-order valence-electron chi connectivity index (χ4n) is 2.23. The van der Waals surface area contributed by atoms with Crippen molar-refractivity contribution >= 4 is 11.6 Å². The minimum absolute atomic E-state index is 0.0767. The maximum atomic E-state index is 11.2. The van der Waals surface area contributed by atoms with Crippen LogP contribution in [-0.4, -0.2) is 67.9 Å². The molecule has 1 fully saturated rings. The minimum Gasteiger partial charge on any atom is -0.366 e. The Bertz CT molecular complexity index is 398. The Hall–Kier alpha value is -1.56. The van der Waals surface area contributed by atoms with Gasteiger partial charge >= 0.3 is 0 Å². The molecule has 19 heavy (non-hydrogen) atoms. The van der Waals surface area contributed by atoms with E-state index in [0.29, 0.717) is 12.6 Å². The molecule has 0 spiro atoms. The summed E-state index contributed by atoms with van der Waals surface area (Å²) in [6, 6.07) is 0.426. The molecule has 0 saturated carbocycles. The highest BCUT2D eigenvalue weighted by Gasteiger charge is 2.29. The number of nitrogens with one attached hydrogen (secondary N) is 2. The quantitative estimate of drug-likeness (QED) is 0.710. The predicted octanol–water partition coefficient (Wildman–Crippen LogP) is -0.398. The fraction of sp³-hybridized carbons (Fsp3) is 0.692. The molecule has 0 bridgehead atoms. The van der Waals surface area contributed by atoms with Crippen LogP contribution in [0, 0.1) is 0 Å². The molecule has 2 N–H and O–H groups in total. The molecule has 1 saturated heterocycles. The van der Waals surface area contributed by atoms with Crippen LogP contribution < -0.4 is 10.6 Å². The van der Waals surface area contributed by atoms with Crippen LogP contribution in [0.4, 0.5) is 0 Å². The van der Waals surface area contributed by atoms with Gasteiger partial charge in [-0.2, -0.15) is 0 Å². The average molecular weight is 265 g/mol. The molecule has 0 unspecified atom stereocenters. The number of amides is 1. The molecule has 0 aromatic carbocycles. The SMILES string of the molecule is CCC1=NCN(C)C(NC2CN(CC(=O)NC)C2)=C1. The maximum Gasteiger partial charge on any atom is 0.233 e. The van der Waals surface area contributed by atoms with Gasteiger partial charge in [-0.25, -0.2) is 0 Å². The van der Waals surface area contributed by atoms with Gasteiger partial charge in [-0.15, -0.1) is 0 Å². The topological polar surface area (TPSA) is 60.0 Å². The number of hydrogen-bond acceptors (Lipinski definition) is 5. The van der Waals surface area contributed by atoms with Crippen LogP contribution in [0.1, 0.15) is 13.3 Å². The average Bonchev–Trinajstić information content (AvgIpc) is 2.38. The molecule has 2 aliphatic rings. The highest BCUT2D eigenvalue weighted by molar-refractivity contribution is 5.95. The van der Waals surface area contributed by atoms with Crippen molar-refractivity contribution in [1.29, 1.82) is 0 Å². The van der Waals surface area contributed by atoms with E-state index in [1.54, 1.807) is 7.05 Å². The van der Waals surface area contributed by atoms with Crippen LogP contribution >= 0.6 is 0 Å². The Balaban J connectivity index is 1.79. The van der Waals surface area contributed by atoms with Gasteiger partial charge in [-0.05, 0) is 12.5 Å². The molecule has 2 aliphatic heterocycles. The predicted molar refractivity (Wildman–Crippen MR) is 75.9 cm³/mol. The Morgan fingerprint density at radius 2 is 2.26 bits per heavy atom. The standard InChI is InChI=1S/C13H23N5O/c1-4-10-5-12(17(3)9-15-10)16-11-6-18(7-11)8-13(19)14-2/h5,11,16H,4,6-9H2,1-3H3,(H,14,19). The number of rotatable bonds is 5. The van der Waals surface area contributed by atoms with Crippen LogP contribution in [0.5, 0.6) is 0 Å². The molecular formula is C13H23N5O. The van der Waals surface area contributed by atoms with Crippen molar-refractivity contribution < 1.29 is 4.79 Å². The van der Waals surface area contributed by atoms with E-state index in [-0.39, 0.29) is 5.91 Å². The fourth-order valence-corrected chi connectivity index (χ4v) is 2.23. The lowest BCUT2D eigenvalue weighted by Crippen LogP contribution is -2.60. The summed E-state index contributed by atoms with van der Waals surface area (Å²) in [5.74, 6) is 1.21. The monoisotopic (exact) mass is 265 g/mol. The maximum absolute atomic E-state index is 11.2. The summed E-state index contributed by atoms with van der Waals surface area (Å²) in [5.41, 5.74) is 1.14. The third-order valence-electron chi connectivity index (χ3n) is 3.52. The van der Waals surface area contributed by atoms with Gasteiger partial charge in [0.2, 0.25) is 5.91 Å². The molecule has 1 amide bonds. The molecular weight excluding hydrogens is 242 g/mol. The smallest absolute Gasteiger partial charge is 0.233 e. The summed E-state index contributed by atoms with van der Waals surface area (Å²) in [5, 5.41) is 6.17. The van der Waals surface area contributed by atoms with Crippen molar-refractivity contribution in [3.8, 4) is 0 Å². The third kappa shape index (κ3) is 3.47. The van der Waals surface area contributed by atoms with Crippen molar-refractivity contribution in [3.05, 3.63) is 11.9 Å². The second-order valence-electron chi connectivity index (χ2n) is 5.08. The van der Waals surface area contributed by atoms with Crippen molar-refractivity contribution in [2.24, 2.45) is 4.99 Å². The van der Waals surface area contributed by atoms with Crippen molar-refractivity contribution in [2.45, 2.75) is 19.4 Å². The Morgan fingerprint density at radius 1 is 1.53 bits per heavy atom. The van der Waals surface area contributed by atoms with Crippen molar-refractivity contribution in [1.82, 2.24) is 20.4 Å². The molecule has 6 heteroatoms. The first-order valence-corrected chi connectivity index (χ1v) is 6.78. The lowest BCUT2D eigenvalue weighted by atomic mass is 10.1. The number of allylic oxidation sites excluding steroid dienone is 1. The lowest BCUT2D eigenvalue weighted by molar-refractivity contribution is -0.122. The number of likely N-dealkylation sites (tertiary alicyclic amines) is 1.